The van der Waals surface area contributed by atoms with Gasteiger partial charge >= 0.3 is 0 Å². The molecule has 0 unspecified atom stereocenters. The van der Waals surface area contributed by atoms with Gasteiger partial charge in [-0.05, 0) is 55.2 Å². The van der Waals surface area contributed by atoms with E-state index in [1.54, 1.807) is 0 Å². The number of aryl methyl sites for hydroxylation is 1. The first-order valence-corrected chi connectivity index (χ1v) is 8.61. The van der Waals surface area contributed by atoms with Crippen LogP contribution in [-0.4, -0.2) is 11.0 Å². The Hall–Kier alpha value is -2.18. The predicted octanol–water partition coefficient (Wildman–Crippen LogP) is 3.91. The second kappa shape index (κ2) is 7.37. The molecule has 3 N–H and O–H groups in total. The van der Waals surface area contributed by atoms with Gasteiger partial charge in [-0.15, -0.1) is 0 Å². The number of anilines is 1. The van der Waals surface area contributed by atoms with Crippen LogP contribution in [0.5, 0.6) is 0 Å². The summed E-state index contributed by atoms with van der Waals surface area (Å²) in [5.41, 5.74) is 8.16. The predicted molar refractivity (Wildman–Crippen MR) is 101 cm³/mol. The van der Waals surface area contributed by atoms with Crippen LogP contribution < -0.4 is 16.2 Å². The van der Waals surface area contributed by atoms with Crippen molar-refractivity contribution in [1.82, 2.24) is 10.9 Å². The van der Waals surface area contributed by atoms with E-state index in [1.165, 1.54) is 29.3 Å². The van der Waals surface area contributed by atoms with E-state index in [0.717, 1.165) is 6.42 Å². The largest absolute Gasteiger partial charge is 0.331 e. The Morgan fingerprint density at radius 2 is 1.92 bits per heavy atom. The van der Waals surface area contributed by atoms with Crippen molar-refractivity contribution in [1.29, 1.82) is 0 Å². The van der Waals surface area contributed by atoms with Gasteiger partial charge in [-0.2, -0.15) is 0 Å². The standard InChI is InChI=1S/C18H17ClFN3OS/c1-10-2-4-11(5-3-10)13-9-14(13)17(24)22-23-18(25)21-12-6-7-16(20)15(19)8-12/h2-8,13-14H,9H2,1H3,(H,22,24)(H2,21,23,25)/t13-,14+/m0/s1. The lowest BCUT2D eigenvalue weighted by molar-refractivity contribution is -0.122. The lowest BCUT2D eigenvalue weighted by Crippen LogP contribution is -2.44. The highest BCUT2D eigenvalue weighted by Crippen LogP contribution is 2.47. The summed E-state index contributed by atoms with van der Waals surface area (Å²) in [6.45, 7) is 2.03. The van der Waals surface area contributed by atoms with Crippen LogP contribution in [0.3, 0.4) is 0 Å². The number of hydrogen-bond donors (Lipinski definition) is 3. The molecule has 2 atom stereocenters. The molecule has 130 valence electrons. The van der Waals surface area contributed by atoms with E-state index >= 15 is 0 Å². The summed E-state index contributed by atoms with van der Waals surface area (Å²) in [5, 5.41) is 3.02. The molecule has 2 aromatic rings. The minimum atomic E-state index is -0.504. The van der Waals surface area contributed by atoms with Gasteiger partial charge in [0.15, 0.2) is 5.11 Å². The average molecular weight is 378 g/mol. The molecule has 1 fully saturated rings. The maximum atomic E-state index is 13.1. The number of carbonyl (C=O) groups is 1. The topological polar surface area (TPSA) is 53.2 Å². The van der Waals surface area contributed by atoms with E-state index in [9.17, 15) is 9.18 Å². The molecular weight excluding hydrogens is 361 g/mol. The Labute approximate surface area is 155 Å². The first kappa shape index (κ1) is 17.6. The highest BCUT2D eigenvalue weighted by molar-refractivity contribution is 7.80. The van der Waals surface area contributed by atoms with Crippen molar-refractivity contribution in [3.05, 3.63) is 64.4 Å². The number of carbonyl (C=O) groups excluding carboxylic acids is 1. The summed E-state index contributed by atoms with van der Waals surface area (Å²) in [4.78, 5) is 12.2. The number of rotatable bonds is 3. The Kier molecular flexibility index (Phi) is 5.20. The van der Waals surface area contributed by atoms with Gasteiger partial charge in [-0.1, -0.05) is 41.4 Å². The summed E-state index contributed by atoms with van der Waals surface area (Å²) >= 11 is 10.8. The van der Waals surface area contributed by atoms with Gasteiger partial charge in [0.2, 0.25) is 5.91 Å². The Morgan fingerprint density at radius 3 is 2.60 bits per heavy atom. The summed E-state index contributed by atoms with van der Waals surface area (Å²) < 4.78 is 13.1. The van der Waals surface area contributed by atoms with Crippen LogP contribution in [0.2, 0.25) is 5.02 Å². The van der Waals surface area contributed by atoms with Crippen LogP contribution in [0.25, 0.3) is 0 Å². The van der Waals surface area contributed by atoms with Crippen LogP contribution >= 0.6 is 23.8 Å². The summed E-state index contributed by atoms with van der Waals surface area (Å²) in [7, 11) is 0. The normalized spacial score (nSPS) is 18.4. The minimum Gasteiger partial charge on any atom is -0.331 e. The quantitative estimate of drug-likeness (QED) is 0.560. The molecule has 1 saturated carbocycles. The lowest BCUT2D eigenvalue weighted by Gasteiger charge is -2.12. The highest BCUT2D eigenvalue weighted by Gasteiger charge is 2.43. The first-order chi connectivity index (χ1) is 11.9. The van der Waals surface area contributed by atoms with Gasteiger partial charge in [0.05, 0.1) is 5.02 Å². The number of hydrogen-bond acceptors (Lipinski definition) is 2. The molecule has 1 aliphatic carbocycles. The van der Waals surface area contributed by atoms with Gasteiger partial charge in [0.1, 0.15) is 5.82 Å². The van der Waals surface area contributed by atoms with Gasteiger partial charge in [0.25, 0.3) is 0 Å². The van der Waals surface area contributed by atoms with Gasteiger partial charge in [0, 0.05) is 11.6 Å². The zero-order chi connectivity index (χ0) is 18.0. The fourth-order valence-corrected chi connectivity index (χ4v) is 2.96. The molecule has 0 saturated heterocycles. The minimum absolute atomic E-state index is 0.00393. The van der Waals surface area contributed by atoms with Crippen molar-refractivity contribution in [3.63, 3.8) is 0 Å². The van der Waals surface area contributed by atoms with Crippen molar-refractivity contribution < 1.29 is 9.18 Å². The Morgan fingerprint density at radius 1 is 1.20 bits per heavy atom. The molecule has 2 aromatic carbocycles. The zero-order valence-corrected chi connectivity index (χ0v) is 15.0. The molecule has 0 aromatic heterocycles. The number of halogens is 2. The molecule has 1 amide bonds. The van der Waals surface area contributed by atoms with E-state index in [0.29, 0.717) is 5.69 Å². The Balaban J connectivity index is 1.47. The van der Waals surface area contributed by atoms with E-state index in [1.807, 2.05) is 19.1 Å². The van der Waals surface area contributed by atoms with Gasteiger partial charge in [-0.3, -0.25) is 15.6 Å². The van der Waals surface area contributed by atoms with Crippen molar-refractivity contribution in [2.75, 3.05) is 5.32 Å². The van der Waals surface area contributed by atoms with Crippen molar-refractivity contribution in [3.8, 4) is 0 Å². The summed E-state index contributed by atoms with van der Waals surface area (Å²) in [6, 6.07) is 12.4. The van der Waals surface area contributed by atoms with Crippen LogP contribution in [0.1, 0.15) is 23.5 Å². The SMILES string of the molecule is Cc1ccc([C@@H]2C[C@H]2C(=O)NNC(=S)Nc2ccc(F)c(Cl)c2)cc1. The molecule has 3 rings (SSSR count). The zero-order valence-electron chi connectivity index (χ0n) is 13.5. The van der Waals surface area contributed by atoms with Crippen LogP contribution in [0.15, 0.2) is 42.5 Å². The maximum Gasteiger partial charge on any atom is 0.242 e. The average Bonchev–Trinajstić information content (AvgIpc) is 3.37. The number of amides is 1. The first-order valence-electron chi connectivity index (χ1n) is 7.82. The van der Waals surface area contributed by atoms with E-state index in [4.69, 9.17) is 23.8 Å². The highest BCUT2D eigenvalue weighted by atomic mass is 35.5. The molecule has 1 aliphatic rings. The van der Waals surface area contributed by atoms with Crippen molar-refractivity contribution in [2.45, 2.75) is 19.3 Å². The second-order valence-corrected chi connectivity index (χ2v) is 6.87. The van der Waals surface area contributed by atoms with E-state index < -0.39 is 5.82 Å². The van der Waals surface area contributed by atoms with Crippen LogP contribution in [0.4, 0.5) is 10.1 Å². The number of hydrazine groups is 1. The molecule has 4 nitrogen and oxygen atoms in total. The fraction of sp³-hybridized carbons (Fsp3) is 0.222. The molecular formula is C18H17ClFN3OS. The number of thiocarbonyl (C=S) groups is 1. The third-order valence-corrected chi connectivity index (χ3v) is 4.60. The third kappa shape index (κ3) is 4.46. The monoisotopic (exact) mass is 377 g/mol. The number of benzene rings is 2. The molecule has 25 heavy (non-hydrogen) atoms. The van der Waals surface area contributed by atoms with Crippen LogP contribution in [-0.2, 0) is 4.79 Å². The molecule has 0 aliphatic heterocycles. The van der Waals surface area contributed by atoms with Crippen LogP contribution in [0, 0.1) is 18.7 Å². The molecule has 7 heteroatoms. The maximum absolute atomic E-state index is 13.1. The Bertz CT molecular complexity index is 812. The van der Waals surface area contributed by atoms with Gasteiger partial charge in [-0.25, -0.2) is 4.39 Å². The van der Waals surface area contributed by atoms with Crippen molar-refractivity contribution >= 4 is 40.5 Å². The van der Waals surface area contributed by atoms with Crippen molar-refractivity contribution in [2.24, 2.45) is 5.92 Å². The summed E-state index contributed by atoms with van der Waals surface area (Å²) in [6.07, 6.45) is 0.824. The van der Waals surface area contributed by atoms with E-state index in [2.05, 4.69) is 28.3 Å². The van der Waals surface area contributed by atoms with Gasteiger partial charge < -0.3 is 5.32 Å². The van der Waals surface area contributed by atoms with E-state index in [-0.39, 0.29) is 27.9 Å². The molecule has 0 spiro atoms. The smallest absolute Gasteiger partial charge is 0.242 e. The number of nitrogens with one attached hydrogen (secondary N) is 3. The second-order valence-electron chi connectivity index (χ2n) is 6.06. The fourth-order valence-electron chi connectivity index (χ4n) is 2.61. The third-order valence-electron chi connectivity index (χ3n) is 4.11. The summed E-state index contributed by atoms with van der Waals surface area (Å²) in [5.74, 6) is -0.416. The molecule has 0 bridgehead atoms. The molecule has 0 heterocycles. The lowest BCUT2D eigenvalue weighted by atomic mass is 10.1. The molecule has 0 radical (unpaired) electrons.